The summed E-state index contributed by atoms with van der Waals surface area (Å²) in [6, 6.07) is 9.50. The zero-order chi connectivity index (χ0) is 22.8. The van der Waals surface area contributed by atoms with Gasteiger partial charge in [-0.1, -0.05) is 45.0 Å². The first-order chi connectivity index (χ1) is 15.6. The molecule has 188 valence electrons. The van der Waals surface area contributed by atoms with Crippen molar-refractivity contribution in [1.82, 2.24) is 25.3 Å². The number of nitrogens with zero attached hydrogens (tertiary/aromatic N) is 4. The Morgan fingerprint density at radius 3 is 2.12 bits per heavy atom. The van der Waals surface area contributed by atoms with Crippen LogP contribution in [-0.2, 0) is 17.8 Å². The zero-order valence-electron chi connectivity index (χ0n) is 21.1. The summed E-state index contributed by atoms with van der Waals surface area (Å²) in [5.74, 6) is 1.44. The van der Waals surface area contributed by atoms with Crippen molar-refractivity contribution in [3.63, 3.8) is 0 Å². The first-order valence-corrected chi connectivity index (χ1v) is 12.4. The number of piperazine rings is 1. The van der Waals surface area contributed by atoms with Gasteiger partial charge in [-0.15, -0.1) is 24.0 Å². The first kappa shape index (κ1) is 28.3. The minimum atomic E-state index is 0. The van der Waals surface area contributed by atoms with E-state index < -0.39 is 0 Å². The number of benzene rings is 1. The number of rotatable bonds is 9. The van der Waals surface area contributed by atoms with Gasteiger partial charge in [0.1, 0.15) is 0 Å². The number of nitrogens with one attached hydrogen (secondary N) is 2. The normalized spacial score (nSPS) is 19.8. The highest BCUT2D eigenvalue weighted by Crippen LogP contribution is 2.13. The molecule has 0 saturated carbocycles. The van der Waals surface area contributed by atoms with Gasteiger partial charge in [-0.2, -0.15) is 0 Å². The third kappa shape index (κ3) is 9.32. The maximum Gasteiger partial charge on any atom is 0.191 e. The van der Waals surface area contributed by atoms with Crippen LogP contribution in [0.3, 0.4) is 0 Å². The minimum Gasteiger partial charge on any atom is -0.379 e. The monoisotopic (exact) mass is 572 g/mol. The molecule has 7 nitrogen and oxygen atoms in total. The highest BCUT2D eigenvalue weighted by Gasteiger charge is 2.23. The number of hydrogen-bond acceptors (Lipinski definition) is 5. The fourth-order valence-corrected chi connectivity index (χ4v) is 4.59. The SMILES string of the molecule is CCN1CCN(Cc2ccc(CNC(=NC)NCC(C(C)C)N3CCOCC3)cc2)CC1.I. The Labute approximate surface area is 218 Å². The molecular weight excluding hydrogens is 527 g/mol. The van der Waals surface area contributed by atoms with Gasteiger partial charge in [-0.25, -0.2) is 0 Å². The predicted molar refractivity (Wildman–Crippen MR) is 148 cm³/mol. The van der Waals surface area contributed by atoms with Crippen molar-refractivity contribution in [2.45, 2.75) is 39.9 Å². The summed E-state index contributed by atoms with van der Waals surface area (Å²) in [5, 5.41) is 7.01. The zero-order valence-corrected chi connectivity index (χ0v) is 23.4. The lowest BCUT2D eigenvalue weighted by Gasteiger charge is -2.37. The molecule has 2 fully saturated rings. The average molecular weight is 573 g/mol. The molecule has 2 aliphatic heterocycles. The van der Waals surface area contributed by atoms with Crippen LogP contribution in [0.1, 0.15) is 31.9 Å². The number of likely N-dealkylation sites (N-methyl/N-ethyl adjacent to an activating group) is 1. The molecule has 3 rings (SSSR count). The Bertz CT molecular complexity index is 685. The van der Waals surface area contributed by atoms with Crippen LogP contribution in [0, 0.1) is 5.92 Å². The Morgan fingerprint density at radius 2 is 1.55 bits per heavy atom. The highest BCUT2D eigenvalue weighted by molar-refractivity contribution is 14.0. The topological polar surface area (TPSA) is 55.4 Å². The van der Waals surface area contributed by atoms with Crippen LogP contribution in [0.25, 0.3) is 0 Å². The molecule has 0 bridgehead atoms. The van der Waals surface area contributed by atoms with Crippen molar-refractivity contribution in [1.29, 1.82) is 0 Å². The van der Waals surface area contributed by atoms with Crippen molar-refractivity contribution >= 4 is 29.9 Å². The van der Waals surface area contributed by atoms with Gasteiger partial charge >= 0.3 is 0 Å². The summed E-state index contributed by atoms with van der Waals surface area (Å²) in [5.41, 5.74) is 2.67. The van der Waals surface area contributed by atoms with Crippen molar-refractivity contribution < 1.29 is 4.74 Å². The fraction of sp³-hybridized carbons (Fsp3) is 0.720. The number of aliphatic imine (C=N–C) groups is 1. The quantitative estimate of drug-likeness (QED) is 0.270. The lowest BCUT2D eigenvalue weighted by molar-refractivity contribution is 0.00752. The van der Waals surface area contributed by atoms with E-state index in [1.807, 2.05) is 7.05 Å². The van der Waals surface area contributed by atoms with Gasteiger partial charge in [-0.3, -0.25) is 14.8 Å². The summed E-state index contributed by atoms with van der Waals surface area (Å²) in [6.45, 7) is 19.1. The van der Waals surface area contributed by atoms with Crippen LogP contribution in [0.4, 0.5) is 0 Å². The molecule has 1 aromatic rings. The molecule has 1 unspecified atom stereocenters. The van der Waals surface area contributed by atoms with E-state index in [1.165, 1.54) is 43.9 Å². The van der Waals surface area contributed by atoms with Gasteiger partial charge < -0.3 is 20.3 Å². The first-order valence-electron chi connectivity index (χ1n) is 12.4. The maximum atomic E-state index is 5.52. The second-order valence-corrected chi connectivity index (χ2v) is 9.29. The summed E-state index contributed by atoms with van der Waals surface area (Å²) in [6.07, 6.45) is 0. The molecule has 0 aromatic heterocycles. The summed E-state index contributed by atoms with van der Waals surface area (Å²) >= 11 is 0. The van der Waals surface area contributed by atoms with Gasteiger partial charge in [0.25, 0.3) is 0 Å². The van der Waals surface area contributed by atoms with E-state index in [0.717, 1.165) is 51.9 Å². The second kappa shape index (κ2) is 15.1. The fourth-order valence-electron chi connectivity index (χ4n) is 4.59. The van der Waals surface area contributed by atoms with Crippen molar-refractivity contribution in [2.24, 2.45) is 10.9 Å². The van der Waals surface area contributed by atoms with Gasteiger partial charge in [0, 0.05) is 72.0 Å². The molecule has 0 amide bonds. The molecule has 2 aliphatic rings. The van der Waals surface area contributed by atoms with Crippen LogP contribution in [0.2, 0.25) is 0 Å². The van der Waals surface area contributed by atoms with Crippen molar-refractivity contribution in [3.8, 4) is 0 Å². The van der Waals surface area contributed by atoms with E-state index in [4.69, 9.17) is 4.74 Å². The van der Waals surface area contributed by atoms with Crippen molar-refractivity contribution in [3.05, 3.63) is 35.4 Å². The lowest BCUT2D eigenvalue weighted by atomic mass is 10.0. The standard InChI is InChI=1S/C25H44N6O.HI/c1-5-29-10-12-30(13-11-29)20-23-8-6-22(7-9-23)18-27-25(26-4)28-19-24(21(2)3)31-14-16-32-17-15-31;/h6-9,21,24H,5,10-20H2,1-4H3,(H2,26,27,28);1H. The van der Waals surface area contributed by atoms with E-state index in [9.17, 15) is 0 Å². The molecule has 2 N–H and O–H groups in total. The summed E-state index contributed by atoms with van der Waals surface area (Å²) < 4.78 is 5.52. The maximum absolute atomic E-state index is 5.52. The van der Waals surface area contributed by atoms with E-state index in [-0.39, 0.29) is 24.0 Å². The lowest BCUT2D eigenvalue weighted by Crippen LogP contribution is -2.52. The molecule has 8 heteroatoms. The summed E-state index contributed by atoms with van der Waals surface area (Å²) in [7, 11) is 1.84. The smallest absolute Gasteiger partial charge is 0.191 e. The average Bonchev–Trinajstić information content (AvgIpc) is 2.83. The number of halogens is 1. The predicted octanol–water partition coefficient (Wildman–Crippen LogP) is 2.46. The van der Waals surface area contributed by atoms with Gasteiger partial charge in [-0.05, 0) is 23.6 Å². The molecule has 33 heavy (non-hydrogen) atoms. The third-order valence-corrected chi connectivity index (χ3v) is 6.79. The second-order valence-electron chi connectivity index (χ2n) is 9.29. The molecule has 2 saturated heterocycles. The largest absolute Gasteiger partial charge is 0.379 e. The molecule has 2 heterocycles. The van der Waals surface area contributed by atoms with Crippen LogP contribution in [0.5, 0.6) is 0 Å². The molecule has 0 aliphatic carbocycles. The minimum absolute atomic E-state index is 0. The molecule has 0 radical (unpaired) electrons. The van der Waals surface area contributed by atoms with E-state index in [0.29, 0.717) is 12.0 Å². The summed E-state index contributed by atoms with van der Waals surface area (Å²) in [4.78, 5) is 12.0. The van der Waals surface area contributed by atoms with E-state index in [1.54, 1.807) is 0 Å². The van der Waals surface area contributed by atoms with Crippen LogP contribution < -0.4 is 10.6 Å². The third-order valence-electron chi connectivity index (χ3n) is 6.79. The number of morpholine rings is 1. The Kier molecular flexibility index (Phi) is 13.0. The van der Waals surface area contributed by atoms with Crippen LogP contribution >= 0.6 is 24.0 Å². The Balaban J connectivity index is 0.00000385. The van der Waals surface area contributed by atoms with E-state index >= 15 is 0 Å². The number of guanidine groups is 1. The van der Waals surface area contributed by atoms with Gasteiger partial charge in [0.15, 0.2) is 5.96 Å². The van der Waals surface area contributed by atoms with E-state index in [2.05, 4.69) is 75.4 Å². The molecule has 0 spiro atoms. The number of ether oxygens (including phenoxy) is 1. The number of hydrogen-bond donors (Lipinski definition) is 2. The molecule has 1 atom stereocenters. The Morgan fingerprint density at radius 1 is 0.939 bits per heavy atom. The van der Waals surface area contributed by atoms with Crippen LogP contribution in [-0.4, -0.2) is 99.3 Å². The van der Waals surface area contributed by atoms with Gasteiger partial charge in [0.2, 0.25) is 0 Å². The molecule has 1 aromatic carbocycles. The van der Waals surface area contributed by atoms with Crippen LogP contribution in [0.15, 0.2) is 29.3 Å². The van der Waals surface area contributed by atoms with Gasteiger partial charge in [0.05, 0.1) is 13.2 Å². The highest BCUT2D eigenvalue weighted by atomic mass is 127. The molecular formula is C25H45IN6O. The Hall–Kier alpha value is -0.940. The van der Waals surface area contributed by atoms with Crippen molar-refractivity contribution in [2.75, 3.05) is 72.6 Å².